The number of rotatable bonds is 2. The van der Waals surface area contributed by atoms with Crippen LogP contribution in [0.2, 0.25) is 5.02 Å². The van der Waals surface area contributed by atoms with E-state index in [1.54, 1.807) is 0 Å². The van der Waals surface area contributed by atoms with Gasteiger partial charge in [0, 0.05) is 11.6 Å². The summed E-state index contributed by atoms with van der Waals surface area (Å²) < 4.78 is 0. The van der Waals surface area contributed by atoms with Crippen molar-refractivity contribution < 1.29 is 9.72 Å². The molecule has 1 aromatic rings. The molecule has 0 bridgehead atoms. The van der Waals surface area contributed by atoms with Crippen molar-refractivity contribution in [3.05, 3.63) is 38.9 Å². The lowest BCUT2D eigenvalue weighted by Crippen LogP contribution is -2.27. The molecule has 0 heterocycles. The molecule has 1 aromatic carbocycles. The summed E-state index contributed by atoms with van der Waals surface area (Å²) in [6.07, 6.45) is 0. The molecule has 0 atom stereocenters. The first-order valence-corrected chi connectivity index (χ1v) is 4.60. The zero-order valence-corrected chi connectivity index (χ0v) is 9.04. The molecule has 0 saturated carbocycles. The second kappa shape index (κ2) is 4.71. The predicted molar refractivity (Wildman–Crippen MR) is 59.0 cm³/mol. The Kier molecular flexibility index (Phi) is 3.57. The Morgan fingerprint density at radius 1 is 1.56 bits per heavy atom. The number of amides is 1. The fraction of sp³-hybridized carbons (Fsp3) is 0.111. The molecule has 1 rings (SSSR count). The van der Waals surface area contributed by atoms with Crippen molar-refractivity contribution >= 4 is 29.0 Å². The summed E-state index contributed by atoms with van der Waals surface area (Å²) in [6.45, 7) is 1.39. The van der Waals surface area contributed by atoms with Crippen LogP contribution in [0, 0.1) is 15.5 Å². The molecule has 0 spiro atoms. The summed E-state index contributed by atoms with van der Waals surface area (Å²) in [4.78, 5) is 21.3. The largest absolute Gasteiger partial charge is 0.311 e. The Hall–Kier alpha value is -1.95. The van der Waals surface area contributed by atoms with E-state index in [1.807, 2.05) is 0 Å². The summed E-state index contributed by atoms with van der Waals surface area (Å²) in [7, 11) is 0. The SMILES string of the molecule is CC(=N)NC(=O)c1ccc(Cl)c([N+](=O)[O-])c1. The van der Waals surface area contributed by atoms with E-state index < -0.39 is 10.8 Å². The number of halogens is 1. The van der Waals surface area contributed by atoms with Gasteiger partial charge in [-0.3, -0.25) is 20.3 Å². The lowest BCUT2D eigenvalue weighted by Gasteiger charge is -2.03. The smallest absolute Gasteiger partial charge is 0.288 e. The molecule has 0 radical (unpaired) electrons. The maximum absolute atomic E-state index is 11.4. The van der Waals surface area contributed by atoms with Crippen LogP contribution in [0.3, 0.4) is 0 Å². The summed E-state index contributed by atoms with van der Waals surface area (Å²) in [5, 5.41) is 19.8. The Morgan fingerprint density at radius 3 is 2.69 bits per heavy atom. The molecule has 16 heavy (non-hydrogen) atoms. The second-order valence-electron chi connectivity index (χ2n) is 3.00. The van der Waals surface area contributed by atoms with Gasteiger partial charge in [0.15, 0.2) is 0 Å². The van der Waals surface area contributed by atoms with Gasteiger partial charge >= 0.3 is 0 Å². The second-order valence-corrected chi connectivity index (χ2v) is 3.41. The zero-order chi connectivity index (χ0) is 12.3. The van der Waals surface area contributed by atoms with Gasteiger partial charge in [0.1, 0.15) is 5.02 Å². The van der Waals surface area contributed by atoms with Crippen molar-refractivity contribution in [3.8, 4) is 0 Å². The molecule has 0 aromatic heterocycles. The number of amidine groups is 1. The van der Waals surface area contributed by atoms with E-state index >= 15 is 0 Å². The average Bonchev–Trinajstić information content (AvgIpc) is 2.16. The van der Waals surface area contributed by atoms with Gasteiger partial charge in [-0.1, -0.05) is 11.6 Å². The molecular weight excluding hydrogens is 234 g/mol. The van der Waals surface area contributed by atoms with Gasteiger partial charge in [0.25, 0.3) is 11.6 Å². The first kappa shape index (κ1) is 12.1. The quantitative estimate of drug-likeness (QED) is 0.359. The zero-order valence-electron chi connectivity index (χ0n) is 8.28. The van der Waals surface area contributed by atoms with E-state index in [9.17, 15) is 14.9 Å². The predicted octanol–water partition coefficient (Wildman–Crippen LogP) is 1.98. The number of carbonyl (C=O) groups excluding carboxylic acids is 1. The minimum atomic E-state index is -0.670. The highest BCUT2D eigenvalue weighted by Gasteiger charge is 2.16. The van der Waals surface area contributed by atoms with Crippen molar-refractivity contribution in [2.24, 2.45) is 0 Å². The third kappa shape index (κ3) is 2.77. The number of hydrogen-bond acceptors (Lipinski definition) is 4. The van der Waals surface area contributed by atoms with Crippen LogP contribution in [0.4, 0.5) is 5.69 Å². The molecule has 0 aliphatic rings. The van der Waals surface area contributed by atoms with Crippen LogP contribution in [0.25, 0.3) is 0 Å². The number of nitro groups is 1. The summed E-state index contributed by atoms with van der Waals surface area (Å²) in [5.41, 5.74) is -0.250. The monoisotopic (exact) mass is 241 g/mol. The fourth-order valence-corrected chi connectivity index (χ4v) is 1.22. The molecule has 0 unspecified atom stereocenters. The van der Waals surface area contributed by atoms with Gasteiger partial charge in [0.2, 0.25) is 0 Å². The van der Waals surface area contributed by atoms with Crippen molar-refractivity contribution in [1.82, 2.24) is 5.32 Å². The molecular formula is C9H8ClN3O3. The Morgan fingerprint density at radius 2 is 2.19 bits per heavy atom. The molecule has 1 amide bonds. The highest BCUT2D eigenvalue weighted by atomic mass is 35.5. The number of benzene rings is 1. The molecule has 0 aliphatic heterocycles. The Balaban J connectivity index is 3.08. The maximum atomic E-state index is 11.4. The molecule has 0 fully saturated rings. The number of nitrogens with one attached hydrogen (secondary N) is 2. The number of nitro benzene ring substituents is 1. The van der Waals surface area contributed by atoms with E-state index in [0.29, 0.717) is 0 Å². The van der Waals surface area contributed by atoms with Gasteiger partial charge in [-0.15, -0.1) is 0 Å². The van der Waals surface area contributed by atoms with Gasteiger partial charge < -0.3 is 5.32 Å². The van der Waals surface area contributed by atoms with Crippen LogP contribution < -0.4 is 5.32 Å². The third-order valence-corrected chi connectivity index (χ3v) is 2.03. The Labute approximate surface area is 95.9 Å². The first-order valence-electron chi connectivity index (χ1n) is 4.22. The van der Waals surface area contributed by atoms with Gasteiger partial charge in [-0.2, -0.15) is 0 Å². The van der Waals surface area contributed by atoms with E-state index in [4.69, 9.17) is 17.0 Å². The van der Waals surface area contributed by atoms with Crippen LogP contribution in [0.15, 0.2) is 18.2 Å². The van der Waals surface area contributed by atoms with E-state index in [-0.39, 0.29) is 22.1 Å². The molecule has 84 valence electrons. The first-order chi connectivity index (χ1) is 7.41. The summed E-state index contributed by atoms with van der Waals surface area (Å²) in [5.74, 6) is -0.616. The number of nitrogens with zero attached hydrogens (tertiary/aromatic N) is 1. The van der Waals surface area contributed by atoms with E-state index in [2.05, 4.69) is 5.32 Å². The normalized spacial score (nSPS) is 9.62. The van der Waals surface area contributed by atoms with Crippen LogP contribution in [-0.4, -0.2) is 16.7 Å². The number of hydrogen-bond donors (Lipinski definition) is 2. The van der Waals surface area contributed by atoms with Crippen molar-refractivity contribution in [3.63, 3.8) is 0 Å². The van der Waals surface area contributed by atoms with Crippen LogP contribution in [0.5, 0.6) is 0 Å². The molecule has 0 saturated heterocycles. The lowest BCUT2D eigenvalue weighted by atomic mass is 10.2. The standard InChI is InChI=1S/C9H8ClN3O3/c1-5(11)12-9(14)6-2-3-7(10)8(4-6)13(15)16/h2-4H,1H3,(H2,11,12,14). The van der Waals surface area contributed by atoms with Gasteiger partial charge in [0.05, 0.1) is 10.8 Å². The molecule has 6 nitrogen and oxygen atoms in total. The van der Waals surface area contributed by atoms with Crippen molar-refractivity contribution in [2.75, 3.05) is 0 Å². The van der Waals surface area contributed by atoms with Crippen LogP contribution in [0.1, 0.15) is 17.3 Å². The van der Waals surface area contributed by atoms with Gasteiger partial charge in [-0.05, 0) is 19.1 Å². The maximum Gasteiger partial charge on any atom is 0.288 e. The lowest BCUT2D eigenvalue weighted by molar-refractivity contribution is -0.384. The summed E-state index contributed by atoms with van der Waals surface area (Å²) in [6, 6.07) is 3.70. The topological polar surface area (TPSA) is 96.1 Å². The van der Waals surface area contributed by atoms with Crippen LogP contribution in [-0.2, 0) is 0 Å². The third-order valence-electron chi connectivity index (χ3n) is 1.71. The minimum Gasteiger partial charge on any atom is -0.311 e. The summed E-state index contributed by atoms with van der Waals surface area (Å²) >= 11 is 5.59. The Bertz CT molecular complexity index is 473. The number of carbonyl (C=O) groups is 1. The van der Waals surface area contributed by atoms with Crippen molar-refractivity contribution in [1.29, 1.82) is 5.41 Å². The van der Waals surface area contributed by atoms with E-state index in [1.165, 1.54) is 19.1 Å². The van der Waals surface area contributed by atoms with Crippen molar-refractivity contribution in [2.45, 2.75) is 6.92 Å². The van der Waals surface area contributed by atoms with Gasteiger partial charge in [-0.25, -0.2) is 0 Å². The highest BCUT2D eigenvalue weighted by molar-refractivity contribution is 6.32. The molecule has 0 aliphatic carbocycles. The molecule has 7 heteroatoms. The average molecular weight is 242 g/mol. The van der Waals surface area contributed by atoms with E-state index in [0.717, 1.165) is 6.07 Å². The van der Waals surface area contributed by atoms with Crippen LogP contribution >= 0.6 is 11.6 Å². The highest BCUT2D eigenvalue weighted by Crippen LogP contribution is 2.24. The fourth-order valence-electron chi connectivity index (χ4n) is 1.04. The minimum absolute atomic E-state index is 0.0341. The molecule has 2 N–H and O–H groups in total.